The Labute approximate surface area is 156 Å². The van der Waals surface area contributed by atoms with E-state index in [-0.39, 0.29) is 24.0 Å². The van der Waals surface area contributed by atoms with Crippen molar-refractivity contribution in [1.82, 2.24) is 9.88 Å². The van der Waals surface area contributed by atoms with Crippen molar-refractivity contribution < 1.29 is 14.7 Å². The SMILES string of the molecule is O=C(Nc1cccc(O)c1)[C@@H]1CCCN1C(=O)Cc1c[nH]c2ccccc12. The van der Waals surface area contributed by atoms with Crippen molar-refractivity contribution in [1.29, 1.82) is 0 Å². The first-order valence-corrected chi connectivity index (χ1v) is 9.06. The second-order valence-electron chi connectivity index (χ2n) is 6.82. The molecule has 0 bridgehead atoms. The number of H-pyrrole nitrogens is 1. The fraction of sp³-hybridized carbons (Fsp3) is 0.238. The molecule has 3 aromatic rings. The molecule has 27 heavy (non-hydrogen) atoms. The van der Waals surface area contributed by atoms with Crippen molar-refractivity contribution in [2.24, 2.45) is 0 Å². The van der Waals surface area contributed by atoms with E-state index >= 15 is 0 Å². The minimum atomic E-state index is -0.481. The number of nitrogens with one attached hydrogen (secondary N) is 2. The van der Waals surface area contributed by atoms with Gasteiger partial charge in [0, 0.05) is 35.4 Å². The Hall–Kier alpha value is -3.28. The summed E-state index contributed by atoms with van der Waals surface area (Å²) in [7, 11) is 0. The van der Waals surface area contributed by atoms with Crippen LogP contribution in [0.1, 0.15) is 18.4 Å². The van der Waals surface area contributed by atoms with Gasteiger partial charge in [0.25, 0.3) is 0 Å². The van der Waals surface area contributed by atoms with Gasteiger partial charge in [-0.15, -0.1) is 0 Å². The summed E-state index contributed by atoms with van der Waals surface area (Å²) < 4.78 is 0. The maximum Gasteiger partial charge on any atom is 0.247 e. The molecular formula is C21H21N3O3. The van der Waals surface area contributed by atoms with Gasteiger partial charge in [0.1, 0.15) is 11.8 Å². The number of aromatic hydroxyl groups is 1. The van der Waals surface area contributed by atoms with Gasteiger partial charge in [-0.25, -0.2) is 0 Å². The maximum absolute atomic E-state index is 12.9. The molecule has 0 unspecified atom stereocenters. The summed E-state index contributed by atoms with van der Waals surface area (Å²) in [6.07, 6.45) is 3.57. The van der Waals surface area contributed by atoms with Crippen LogP contribution in [0, 0.1) is 0 Å². The number of aromatic nitrogens is 1. The number of fused-ring (bicyclic) bond motifs is 1. The summed E-state index contributed by atoms with van der Waals surface area (Å²) in [5.74, 6) is -0.176. The number of phenols is 1. The lowest BCUT2D eigenvalue weighted by atomic mass is 10.1. The molecular weight excluding hydrogens is 342 g/mol. The van der Waals surface area contributed by atoms with Crippen LogP contribution in [0.2, 0.25) is 0 Å². The smallest absolute Gasteiger partial charge is 0.247 e. The average Bonchev–Trinajstić information content (AvgIpc) is 3.29. The van der Waals surface area contributed by atoms with Gasteiger partial charge < -0.3 is 20.3 Å². The highest BCUT2D eigenvalue weighted by atomic mass is 16.3. The van der Waals surface area contributed by atoms with Crippen molar-refractivity contribution in [3.63, 3.8) is 0 Å². The molecule has 2 heterocycles. The first-order chi connectivity index (χ1) is 13.1. The van der Waals surface area contributed by atoms with E-state index in [1.807, 2.05) is 30.5 Å². The van der Waals surface area contributed by atoms with Gasteiger partial charge in [-0.3, -0.25) is 9.59 Å². The molecule has 1 saturated heterocycles. The second kappa shape index (κ2) is 7.15. The number of nitrogens with zero attached hydrogens (tertiary/aromatic N) is 1. The summed E-state index contributed by atoms with van der Waals surface area (Å²) in [6.45, 7) is 0.583. The molecule has 2 amide bonds. The zero-order valence-electron chi connectivity index (χ0n) is 14.8. The predicted octanol–water partition coefficient (Wildman–Crippen LogP) is 3.05. The first kappa shape index (κ1) is 17.1. The number of hydrogen-bond donors (Lipinski definition) is 3. The fourth-order valence-corrected chi connectivity index (χ4v) is 3.69. The van der Waals surface area contributed by atoms with Gasteiger partial charge in [-0.05, 0) is 36.6 Å². The molecule has 0 radical (unpaired) electrons. The number of para-hydroxylation sites is 1. The van der Waals surface area contributed by atoms with Gasteiger partial charge in [-0.2, -0.15) is 0 Å². The average molecular weight is 363 g/mol. The highest BCUT2D eigenvalue weighted by Crippen LogP contribution is 2.24. The van der Waals surface area contributed by atoms with Crippen LogP contribution in [0.4, 0.5) is 5.69 Å². The van der Waals surface area contributed by atoms with E-state index in [9.17, 15) is 14.7 Å². The number of rotatable bonds is 4. The van der Waals surface area contributed by atoms with Gasteiger partial charge in [0.2, 0.25) is 11.8 Å². The van der Waals surface area contributed by atoms with Gasteiger partial charge in [0.15, 0.2) is 0 Å². The van der Waals surface area contributed by atoms with Crippen LogP contribution >= 0.6 is 0 Å². The van der Waals surface area contributed by atoms with E-state index in [2.05, 4.69) is 10.3 Å². The minimum Gasteiger partial charge on any atom is -0.508 e. The number of hydrogen-bond acceptors (Lipinski definition) is 3. The van der Waals surface area contributed by atoms with Crippen LogP contribution in [-0.4, -0.2) is 39.4 Å². The summed E-state index contributed by atoms with van der Waals surface area (Å²) in [5.41, 5.74) is 2.46. The molecule has 0 saturated carbocycles. The Bertz CT molecular complexity index is 995. The minimum absolute atomic E-state index is 0.0479. The standard InChI is InChI=1S/C21H21N3O3/c25-16-6-3-5-15(12-16)23-21(27)19-9-4-10-24(19)20(26)11-14-13-22-18-8-2-1-7-17(14)18/h1-3,5-8,12-13,19,22,25H,4,9-11H2,(H,23,27)/t19-/m0/s1. The van der Waals surface area contributed by atoms with Gasteiger partial charge >= 0.3 is 0 Å². The third-order valence-corrected chi connectivity index (χ3v) is 5.01. The van der Waals surface area contributed by atoms with Gasteiger partial charge in [0.05, 0.1) is 6.42 Å². The topological polar surface area (TPSA) is 85.4 Å². The summed E-state index contributed by atoms with van der Waals surface area (Å²) in [5, 5.41) is 13.4. The fourth-order valence-electron chi connectivity index (χ4n) is 3.69. The van der Waals surface area contributed by atoms with E-state index in [0.717, 1.165) is 22.9 Å². The molecule has 1 aliphatic rings. The third kappa shape index (κ3) is 3.51. The predicted molar refractivity (Wildman–Crippen MR) is 103 cm³/mol. The monoisotopic (exact) mass is 363 g/mol. The van der Waals surface area contributed by atoms with Crippen molar-refractivity contribution in [3.05, 3.63) is 60.3 Å². The van der Waals surface area contributed by atoms with E-state index in [1.165, 1.54) is 6.07 Å². The summed E-state index contributed by atoms with van der Waals surface area (Å²) >= 11 is 0. The van der Waals surface area contributed by atoms with Crippen molar-refractivity contribution in [2.45, 2.75) is 25.3 Å². The first-order valence-electron chi connectivity index (χ1n) is 9.06. The van der Waals surface area contributed by atoms with E-state index in [0.29, 0.717) is 18.7 Å². The highest BCUT2D eigenvalue weighted by molar-refractivity contribution is 5.98. The molecule has 2 aromatic carbocycles. The van der Waals surface area contributed by atoms with E-state index in [1.54, 1.807) is 23.1 Å². The number of carbonyl (C=O) groups excluding carboxylic acids is 2. The number of carbonyl (C=O) groups is 2. The lowest BCUT2D eigenvalue weighted by molar-refractivity contribution is -0.136. The van der Waals surface area contributed by atoms with Crippen molar-refractivity contribution in [3.8, 4) is 5.75 Å². The van der Waals surface area contributed by atoms with Gasteiger partial charge in [-0.1, -0.05) is 24.3 Å². The summed E-state index contributed by atoms with van der Waals surface area (Å²) in [4.78, 5) is 30.4. The number of likely N-dealkylation sites (tertiary alicyclic amines) is 1. The number of phenolic OH excluding ortho intramolecular Hbond substituents is 1. The lowest BCUT2D eigenvalue weighted by Gasteiger charge is -2.24. The molecule has 0 spiro atoms. The third-order valence-electron chi connectivity index (χ3n) is 5.01. The van der Waals surface area contributed by atoms with Crippen LogP contribution in [0.5, 0.6) is 5.75 Å². The number of benzene rings is 2. The Balaban J connectivity index is 1.47. The molecule has 1 aliphatic heterocycles. The molecule has 1 fully saturated rings. The summed E-state index contributed by atoms with van der Waals surface area (Å²) in [6, 6.07) is 13.8. The molecule has 3 N–H and O–H groups in total. The normalized spacial score (nSPS) is 16.6. The Morgan fingerprint density at radius 2 is 2.04 bits per heavy atom. The van der Waals surface area contributed by atoms with Crippen LogP contribution in [-0.2, 0) is 16.0 Å². The van der Waals surface area contributed by atoms with Crippen LogP contribution in [0.25, 0.3) is 10.9 Å². The number of amides is 2. The van der Waals surface area contributed by atoms with Crippen LogP contribution in [0.15, 0.2) is 54.7 Å². The van der Waals surface area contributed by atoms with Crippen molar-refractivity contribution in [2.75, 3.05) is 11.9 Å². The number of aromatic amines is 1. The van der Waals surface area contributed by atoms with Crippen LogP contribution < -0.4 is 5.32 Å². The Kier molecular flexibility index (Phi) is 4.54. The van der Waals surface area contributed by atoms with Crippen LogP contribution in [0.3, 0.4) is 0 Å². The highest BCUT2D eigenvalue weighted by Gasteiger charge is 2.34. The molecule has 1 aromatic heterocycles. The number of anilines is 1. The molecule has 6 nitrogen and oxygen atoms in total. The second-order valence-corrected chi connectivity index (χ2v) is 6.82. The lowest BCUT2D eigenvalue weighted by Crippen LogP contribution is -2.43. The Morgan fingerprint density at radius 1 is 1.19 bits per heavy atom. The van der Waals surface area contributed by atoms with Crippen molar-refractivity contribution >= 4 is 28.4 Å². The Morgan fingerprint density at radius 3 is 2.89 bits per heavy atom. The van der Waals surface area contributed by atoms with E-state index in [4.69, 9.17) is 0 Å². The largest absolute Gasteiger partial charge is 0.508 e. The molecule has 4 rings (SSSR count). The maximum atomic E-state index is 12.9. The molecule has 6 heteroatoms. The zero-order valence-corrected chi connectivity index (χ0v) is 14.8. The molecule has 1 atom stereocenters. The molecule has 138 valence electrons. The zero-order chi connectivity index (χ0) is 18.8. The quantitative estimate of drug-likeness (QED) is 0.666. The van der Waals surface area contributed by atoms with E-state index < -0.39 is 6.04 Å². The molecule has 0 aliphatic carbocycles.